The molecular weight excluding hydrogens is 302 g/mol. The predicted octanol–water partition coefficient (Wildman–Crippen LogP) is 3.35. The van der Waals surface area contributed by atoms with Crippen LogP contribution >= 0.6 is 15.9 Å². The van der Waals surface area contributed by atoms with Crippen molar-refractivity contribution in [1.29, 1.82) is 0 Å². The summed E-state index contributed by atoms with van der Waals surface area (Å²) in [6.07, 6.45) is 0.821. The van der Waals surface area contributed by atoms with E-state index in [4.69, 9.17) is 5.73 Å². The molecule has 4 heteroatoms. The second-order valence-electron chi connectivity index (χ2n) is 4.86. The second kappa shape index (κ2) is 6.26. The summed E-state index contributed by atoms with van der Waals surface area (Å²) in [4.78, 5) is 9.13. The van der Waals surface area contributed by atoms with Crippen molar-refractivity contribution in [3.05, 3.63) is 46.3 Å². The zero-order valence-corrected chi connectivity index (χ0v) is 12.8. The minimum absolute atomic E-state index is 0.402. The van der Waals surface area contributed by atoms with Gasteiger partial charge in [-0.3, -0.25) is 0 Å². The van der Waals surface area contributed by atoms with Crippen molar-refractivity contribution >= 4 is 15.9 Å². The Bertz CT molecular complexity index is 552. The molecule has 0 bridgehead atoms. The molecule has 0 radical (unpaired) electrons. The van der Waals surface area contributed by atoms with E-state index in [9.17, 15) is 0 Å². The first kappa shape index (κ1) is 14.2. The van der Waals surface area contributed by atoms with Gasteiger partial charge >= 0.3 is 0 Å². The largest absolute Gasteiger partial charge is 0.330 e. The van der Waals surface area contributed by atoms with Gasteiger partial charge in [-0.25, -0.2) is 9.97 Å². The highest BCUT2D eigenvalue weighted by atomic mass is 79.9. The van der Waals surface area contributed by atoms with E-state index in [1.54, 1.807) is 0 Å². The lowest BCUT2D eigenvalue weighted by Gasteiger charge is -2.10. The van der Waals surface area contributed by atoms with Gasteiger partial charge in [0.25, 0.3) is 0 Å². The van der Waals surface area contributed by atoms with Crippen LogP contribution in [0.4, 0.5) is 0 Å². The molecule has 0 saturated carbocycles. The molecule has 1 heterocycles. The summed E-state index contributed by atoms with van der Waals surface area (Å²) < 4.78 is 1.07. The van der Waals surface area contributed by atoms with E-state index in [0.717, 1.165) is 33.7 Å². The number of nitrogens with zero attached hydrogens (tertiary/aromatic N) is 2. The standard InChI is InChI=1S/C15H18BrN3/c1-10(9-17)7-15-18-11(2)8-14(19-15)12-3-5-13(16)6-4-12/h3-6,8,10H,7,9,17H2,1-2H3. The number of nitrogens with two attached hydrogens (primary N) is 1. The molecule has 2 rings (SSSR count). The van der Waals surface area contributed by atoms with E-state index in [-0.39, 0.29) is 0 Å². The molecule has 0 fully saturated rings. The molecule has 2 N–H and O–H groups in total. The van der Waals surface area contributed by atoms with Gasteiger partial charge in [0.15, 0.2) is 0 Å². The van der Waals surface area contributed by atoms with E-state index in [2.05, 4.69) is 45.0 Å². The zero-order valence-electron chi connectivity index (χ0n) is 11.2. The molecule has 100 valence electrons. The number of benzene rings is 1. The van der Waals surface area contributed by atoms with Gasteiger partial charge in [-0.05, 0) is 37.6 Å². The number of aryl methyl sites for hydroxylation is 1. The number of aromatic nitrogens is 2. The summed E-state index contributed by atoms with van der Waals surface area (Å²) in [6.45, 7) is 4.77. The van der Waals surface area contributed by atoms with Gasteiger partial charge in [-0.15, -0.1) is 0 Å². The van der Waals surface area contributed by atoms with Gasteiger partial charge in [0.1, 0.15) is 5.82 Å². The third-order valence-electron chi connectivity index (χ3n) is 2.97. The van der Waals surface area contributed by atoms with E-state index in [1.807, 2.05) is 25.1 Å². The van der Waals surface area contributed by atoms with E-state index in [1.165, 1.54) is 0 Å². The first-order valence-corrected chi connectivity index (χ1v) is 7.18. The summed E-state index contributed by atoms with van der Waals surface area (Å²) in [7, 11) is 0. The highest BCUT2D eigenvalue weighted by Gasteiger charge is 2.08. The molecular formula is C15H18BrN3. The van der Waals surface area contributed by atoms with Gasteiger partial charge in [0.05, 0.1) is 5.69 Å². The van der Waals surface area contributed by atoms with Crippen LogP contribution in [0.15, 0.2) is 34.8 Å². The lowest BCUT2D eigenvalue weighted by atomic mass is 10.1. The highest BCUT2D eigenvalue weighted by Crippen LogP contribution is 2.21. The average Bonchev–Trinajstić information content (AvgIpc) is 2.38. The Morgan fingerprint density at radius 1 is 1.21 bits per heavy atom. The van der Waals surface area contributed by atoms with E-state index in [0.29, 0.717) is 12.5 Å². The Hall–Kier alpha value is -1.26. The van der Waals surface area contributed by atoms with Crippen molar-refractivity contribution in [2.45, 2.75) is 20.3 Å². The zero-order chi connectivity index (χ0) is 13.8. The number of rotatable bonds is 4. The molecule has 0 aliphatic heterocycles. The molecule has 0 saturated heterocycles. The van der Waals surface area contributed by atoms with Crippen LogP contribution in [0.2, 0.25) is 0 Å². The maximum Gasteiger partial charge on any atom is 0.129 e. The van der Waals surface area contributed by atoms with Gasteiger partial charge < -0.3 is 5.73 Å². The molecule has 1 aromatic carbocycles. The summed E-state index contributed by atoms with van der Waals surface area (Å²) in [5, 5.41) is 0. The van der Waals surface area contributed by atoms with Crippen molar-refractivity contribution in [3.8, 4) is 11.3 Å². The van der Waals surface area contributed by atoms with Crippen LogP contribution in [0, 0.1) is 12.8 Å². The Labute approximate surface area is 122 Å². The van der Waals surface area contributed by atoms with Crippen LogP contribution in [0.5, 0.6) is 0 Å². The molecule has 1 aromatic heterocycles. The van der Waals surface area contributed by atoms with Crippen molar-refractivity contribution in [1.82, 2.24) is 9.97 Å². The fourth-order valence-corrected chi connectivity index (χ4v) is 2.15. The molecule has 19 heavy (non-hydrogen) atoms. The monoisotopic (exact) mass is 319 g/mol. The summed E-state index contributed by atoms with van der Waals surface area (Å²) in [5.74, 6) is 1.27. The molecule has 0 amide bonds. The molecule has 1 atom stereocenters. The van der Waals surface area contributed by atoms with Gasteiger partial charge in [-0.2, -0.15) is 0 Å². The lowest BCUT2D eigenvalue weighted by Crippen LogP contribution is -2.15. The van der Waals surface area contributed by atoms with E-state index >= 15 is 0 Å². The van der Waals surface area contributed by atoms with Crippen molar-refractivity contribution in [2.24, 2.45) is 11.7 Å². The topological polar surface area (TPSA) is 51.8 Å². The Morgan fingerprint density at radius 2 is 1.89 bits per heavy atom. The highest BCUT2D eigenvalue weighted by molar-refractivity contribution is 9.10. The van der Waals surface area contributed by atoms with Gasteiger partial charge in [-0.1, -0.05) is 35.0 Å². The predicted molar refractivity (Wildman–Crippen MR) is 81.8 cm³/mol. The third-order valence-corrected chi connectivity index (χ3v) is 3.50. The molecule has 2 aromatic rings. The fraction of sp³-hybridized carbons (Fsp3) is 0.333. The lowest BCUT2D eigenvalue weighted by molar-refractivity contribution is 0.573. The van der Waals surface area contributed by atoms with Crippen molar-refractivity contribution in [2.75, 3.05) is 6.54 Å². The first-order valence-electron chi connectivity index (χ1n) is 6.39. The Balaban J connectivity index is 2.33. The molecule has 3 nitrogen and oxygen atoms in total. The SMILES string of the molecule is Cc1cc(-c2ccc(Br)cc2)nc(CC(C)CN)n1. The quantitative estimate of drug-likeness (QED) is 0.940. The summed E-state index contributed by atoms with van der Waals surface area (Å²) >= 11 is 3.44. The molecule has 0 spiro atoms. The van der Waals surface area contributed by atoms with Crippen LogP contribution < -0.4 is 5.73 Å². The molecule has 1 unspecified atom stereocenters. The van der Waals surface area contributed by atoms with Gasteiger partial charge in [0, 0.05) is 22.2 Å². The minimum atomic E-state index is 0.402. The Morgan fingerprint density at radius 3 is 2.53 bits per heavy atom. The molecule has 0 aliphatic carbocycles. The summed E-state index contributed by atoms with van der Waals surface area (Å²) in [6, 6.07) is 10.2. The smallest absolute Gasteiger partial charge is 0.129 e. The second-order valence-corrected chi connectivity index (χ2v) is 5.78. The number of hydrogen-bond acceptors (Lipinski definition) is 3. The maximum atomic E-state index is 5.66. The fourth-order valence-electron chi connectivity index (χ4n) is 1.88. The Kier molecular flexibility index (Phi) is 4.66. The third kappa shape index (κ3) is 3.85. The maximum absolute atomic E-state index is 5.66. The first-order chi connectivity index (χ1) is 9.08. The average molecular weight is 320 g/mol. The van der Waals surface area contributed by atoms with Crippen LogP contribution in [0.25, 0.3) is 11.3 Å². The number of hydrogen-bond donors (Lipinski definition) is 1. The van der Waals surface area contributed by atoms with Crippen LogP contribution in [0.1, 0.15) is 18.4 Å². The normalized spacial score (nSPS) is 12.4. The van der Waals surface area contributed by atoms with Crippen LogP contribution in [0.3, 0.4) is 0 Å². The number of halogens is 1. The van der Waals surface area contributed by atoms with Crippen molar-refractivity contribution in [3.63, 3.8) is 0 Å². The molecule has 0 aliphatic rings. The van der Waals surface area contributed by atoms with Crippen LogP contribution in [-0.4, -0.2) is 16.5 Å². The minimum Gasteiger partial charge on any atom is -0.330 e. The van der Waals surface area contributed by atoms with Gasteiger partial charge in [0.2, 0.25) is 0 Å². The van der Waals surface area contributed by atoms with Crippen LogP contribution in [-0.2, 0) is 6.42 Å². The van der Waals surface area contributed by atoms with Crippen molar-refractivity contribution < 1.29 is 0 Å². The summed E-state index contributed by atoms with van der Waals surface area (Å²) in [5.41, 5.74) is 8.73. The van der Waals surface area contributed by atoms with E-state index < -0.39 is 0 Å².